The number of para-hydroxylation sites is 6. The average molecular weight is 1170 g/mol. The van der Waals surface area contributed by atoms with Gasteiger partial charge < -0.3 is 18.3 Å². The highest BCUT2D eigenvalue weighted by Crippen LogP contribution is 2.71. The minimum Gasteiger partial charge on any atom is -0.309 e. The molecule has 0 saturated heterocycles. The molecule has 4 aromatic heterocycles. The third kappa shape index (κ3) is 6.41. The van der Waals surface area contributed by atoms with Crippen LogP contribution in [0.1, 0.15) is 0 Å². The number of aromatic nitrogens is 4. The SMILES string of the molecule is O=S12(c3ccccc3-c3ccc(-c4ccc(-n5c6ccccc6c6cc7c(cc65)c5ccccc5n7-c5ccccc5)cc4)cc31)c1ccccc1-c1ccc(-c3ccc(-n4c5ccccc5c5cc6c(cc54)c4ccccc4n6-c4ccccc4)cc3)cc12. The largest absolute Gasteiger partial charge is 0.309 e. The van der Waals surface area contributed by atoms with E-state index < -0.39 is 9.07 Å². The zero-order valence-corrected chi connectivity index (χ0v) is 49.4. The summed E-state index contributed by atoms with van der Waals surface area (Å²) in [7, 11) is -4.25. The summed E-state index contributed by atoms with van der Waals surface area (Å²) >= 11 is 0. The van der Waals surface area contributed by atoms with Crippen molar-refractivity contribution in [3.8, 4) is 67.3 Å². The quantitative estimate of drug-likeness (QED) is 0.163. The van der Waals surface area contributed by atoms with E-state index in [9.17, 15) is 0 Å². The van der Waals surface area contributed by atoms with Crippen molar-refractivity contribution in [1.82, 2.24) is 18.3 Å². The van der Waals surface area contributed by atoms with Crippen molar-refractivity contribution in [1.29, 1.82) is 0 Å². The Balaban J connectivity index is 0.716. The van der Waals surface area contributed by atoms with Crippen LogP contribution in [0.5, 0.6) is 0 Å². The molecule has 2 aliphatic rings. The van der Waals surface area contributed by atoms with Crippen molar-refractivity contribution < 1.29 is 4.21 Å². The number of hydrogen-bond donors (Lipinski definition) is 0. The van der Waals surface area contributed by atoms with Gasteiger partial charge in [0.15, 0.2) is 0 Å². The van der Waals surface area contributed by atoms with Crippen molar-refractivity contribution in [3.05, 3.63) is 315 Å². The zero-order chi connectivity index (χ0) is 59.0. The molecule has 0 aliphatic carbocycles. The fourth-order valence-electron chi connectivity index (χ4n) is 16.0. The lowest BCUT2D eigenvalue weighted by Gasteiger charge is -2.39. The fraction of sp³-hybridized carbons (Fsp3) is 0. The van der Waals surface area contributed by atoms with Crippen LogP contribution in [0.2, 0.25) is 0 Å². The van der Waals surface area contributed by atoms with Crippen LogP contribution in [0.3, 0.4) is 0 Å². The molecule has 14 aromatic carbocycles. The Hall–Kier alpha value is -11.6. The second-order valence-corrected chi connectivity index (χ2v) is 28.0. The number of rotatable bonds is 6. The van der Waals surface area contributed by atoms with Gasteiger partial charge in [-0.3, -0.25) is 4.21 Å². The van der Waals surface area contributed by atoms with E-state index >= 15 is 4.21 Å². The molecule has 0 N–H and O–H groups in total. The number of benzene rings is 14. The van der Waals surface area contributed by atoms with Gasteiger partial charge in [0.25, 0.3) is 0 Å². The van der Waals surface area contributed by atoms with Crippen LogP contribution >= 0.6 is 0 Å². The van der Waals surface area contributed by atoms with Gasteiger partial charge in [0, 0.05) is 94.5 Å². The normalized spacial score (nSPS) is 14.1. The van der Waals surface area contributed by atoms with E-state index in [2.05, 4.69) is 334 Å². The Morgan fingerprint density at radius 2 is 0.456 bits per heavy atom. The van der Waals surface area contributed by atoms with Gasteiger partial charge in [-0.25, -0.2) is 0 Å². The molecule has 18 aromatic rings. The van der Waals surface area contributed by atoms with E-state index in [1.807, 2.05) is 0 Å². The molecular weight excluding hydrogens is 1110 g/mol. The monoisotopic (exact) mass is 1160 g/mol. The second-order valence-electron chi connectivity index (χ2n) is 24.3. The highest BCUT2D eigenvalue weighted by molar-refractivity contribution is 8.21. The van der Waals surface area contributed by atoms with Gasteiger partial charge >= 0.3 is 0 Å². The fourth-order valence-corrected chi connectivity index (χ4v) is 21.2. The van der Waals surface area contributed by atoms with Gasteiger partial charge in [-0.15, -0.1) is 0 Å². The molecule has 6 heterocycles. The number of hydrogen-bond acceptors (Lipinski definition) is 1. The first kappa shape index (κ1) is 49.5. The van der Waals surface area contributed by atoms with E-state index in [-0.39, 0.29) is 0 Å². The lowest BCUT2D eigenvalue weighted by Crippen LogP contribution is -2.30. The van der Waals surface area contributed by atoms with Crippen LogP contribution in [0.25, 0.3) is 154 Å². The molecule has 0 unspecified atom stereocenters. The summed E-state index contributed by atoms with van der Waals surface area (Å²) in [6, 6.07) is 114. The predicted molar refractivity (Wildman–Crippen MR) is 373 cm³/mol. The smallest absolute Gasteiger partial charge is 0.0548 e. The molecule has 0 bridgehead atoms. The molecule has 5 nitrogen and oxygen atoms in total. The summed E-state index contributed by atoms with van der Waals surface area (Å²) in [6.45, 7) is 0. The first-order chi connectivity index (χ1) is 44.5. The first-order valence-corrected chi connectivity index (χ1v) is 32.8. The third-order valence-corrected chi connectivity index (χ3v) is 24.6. The molecule has 1 spiro atoms. The summed E-state index contributed by atoms with van der Waals surface area (Å²) in [4.78, 5) is 3.47. The molecule has 90 heavy (non-hydrogen) atoms. The summed E-state index contributed by atoms with van der Waals surface area (Å²) in [6.07, 6.45) is 0. The van der Waals surface area contributed by atoms with E-state index in [0.717, 1.165) is 109 Å². The van der Waals surface area contributed by atoms with Gasteiger partial charge in [0.05, 0.1) is 44.1 Å². The second kappa shape index (κ2) is 18.0. The first-order valence-electron chi connectivity index (χ1n) is 30.9. The molecule has 20 rings (SSSR count). The van der Waals surface area contributed by atoms with Gasteiger partial charge in [-0.2, -0.15) is 0 Å². The Morgan fingerprint density at radius 3 is 0.800 bits per heavy atom. The van der Waals surface area contributed by atoms with E-state index in [4.69, 9.17) is 0 Å². The molecule has 0 atom stereocenters. The van der Waals surface area contributed by atoms with Crippen molar-refractivity contribution in [2.24, 2.45) is 0 Å². The molecule has 0 saturated carbocycles. The van der Waals surface area contributed by atoms with E-state index in [1.54, 1.807) is 0 Å². The maximum absolute atomic E-state index is 18.3. The molecule has 0 amide bonds. The van der Waals surface area contributed by atoms with Crippen molar-refractivity contribution in [2.45, 2.75) is 19.6 Å². The number of fused-ring (bicyclic) bond motifs is 22. The third-order valence-electron chi connectivity index (χ3n) is 19.9. The summed E-state index contributed by atoms with van der Waals surface area (Å²) in [5.41, 5.74) is 22.0. The maximum atomic E-state index is 18.3. The van der Waals surface area contributed by atoms with Gasteiger partial charge in [-0.1, -0.05) is 194 Å². The molecule has 420 valence electrons. The Bertz CT molecular complexity index is 5820. The minimum atomic E-state index is -4.25. The standard InChI is InChI=1S/C84H52N4OS/c89-90(81-33-17-11-27-65(81)67-45-39-55(47-83(67)90)53-35-41-59(42-36-53)87-75-31-15-9-25-63(75)71-49-77-69(51-79(71)87)61-23-7-13-29-73(61)85(77)57-19-3-1-4-20-57)82-34-18-12-28-66(82)68-46-40-56(48-84(68)90)54-37-43-60(44-38-54)88-76-32-16-10-26-64(76)72-50-78-70(52-80(72)88)62-24-8-14-30-74(62)86(78)58-21-5-2-6-22-58/h1-52H. The minimum absolute atomic E-state index is 0.863. The van der Waals surface area contributed by atoms with Crippen molar-refractivity contribution in [3.63, 3.8) is 0 Å². The van der Waals surface area contributed by atoms with Gasteiger partial charge in [-0.05, 0) is 166 Å². The highest BCUT2D eigenvalue weighted by Gasteiger charge is 2.57. The van der Waals surface area contributed by atoms with E-state index in [1.165, 1.54) is 65.2 Å². The lowest BCUT2D eigenvalue weighted by atomic mass is 10.00. The van der Waals surface area contributed by atoms with Crippen molar-refractivity contribution in [2.75, 3.05) is 0 Å². The molecular formula is C84H52N4OS. The van der Waals surface area contributed by atoms with E-state index in [0.29, 0.717) is 0 Å². The Kier molecular flexibility index (Phi) is 9.92. The van der Waals surface area contributed by atoms with Crippen LogP contribution in [0, 0.1) is 0 Å². The topological polar surface area (TPSA) is 36.8 Å². The molecule has 0 radical (unpaired) electrons. The number of nitrogens with zero attached hydrogens (tertiary/aromatic N) is 4. The summed E-state index contributed by atoms with van der Waals surface area (Å²) in [5, 5.41) is 9.70. The lowest BCUT2D eigenvalue weighted by molar-refractivity contribution is 0.658. The highest BCUT2D eigenvalue weighted by atomic mass is 32.3. The Morgan fingerprint density at radius 1 is 0.189 bits per heavy atom. The molecule has 0 fully saturated rings. The molecule has 6 heteroatoms. The van der Waals surface area contributed by atoms with Crippen LogP contribution < -0.4 is 0 Å². The van der Waals surface area contributed by atoms with Crippen molar-refractivity contribution >= 4 is 96.3 Å². The average Bonchev–Trinajstić information content (AvgIpc) is 1.47. The van der Waals surface area contributed by atoms with Crippen LogP contribution in [-0.4, -0.2) is 22.5 Å². The summed E-state index contributed by atoms with van der Waals surface area (Å²) in [5.74, 6) is 0. The van der Waals surface area contributed by atoms with Crippen LogP contribution in [-0.2, 0) is 9.07 Å². The molecule has 2 aliphatic heterocycles. The zero-order valence-electron chi connectivity index (χ0n) is 48.6. The summed E-state index contributed by atoms with van der Waals surface area (Å²) < 4.78 is 27.9. The van der Waals surface area contributed by atoms with Gasteiger partial charge in [0.1, 0.15) is 0 Å². The maximum Gasteiger partial charge on any atom is 0.0548 e. The van der Waals surface area contributed by atoms with Crippen LogP contribution in [0.4, 0.5) is 0 Å². The predicted octanol–water partition coefficient (Wildman–Crippen LogP) is 21.7. The Labute approximate surface area is 517 Å². The van der Waals surface area contributed by atoms with Gasteiger partial charge in [0.2, 0.25) is 0 Å². The van der Waals surface area contributed by atoms with Crippen LogP contribution in [0.15, 0.2) is 335 Å².